The monoisotopic (exact) mass is 171 g/mol. The summed E-state index contributed by atoms with van der Waals surface area (Å²) in [6.07, 6.45) is 4.67. The van der Waals surface area contributed by atoms with Gasteiger partial charge in [-0.2, -0.15) is 0 Å². The summed E-state index contributed by atoms with van der Waals surface area (Å²) in [5.74, 6) is 0. The first-order chi connectivity index (χ1) is 5.72. The number of hydrogen-bond acceptors (Lipinski definition) is 2. The molecule has 0 aromatic rings. The van der Waals surface area contributed by atoms with Crippen molar-refractivity contribution < 1.29 is 9.50 Å². The van der Waals surface area contributed by atoms with Crippen LogP contribution in [0.5, 0.6) is 0 Å². The Morgan fingerprint density at radius 3 is 3.17 bits per heavy atom. The topological polar surface area (TPSA) is 32.3 Å². The molecule has 68 valence electrons. The van der Waals surface area contributed by atoms with Gasteiger partial charge in [0.15, 0.2) is 0 Å². The highest BCUT2D eigenvalue weighted by Gasteiger charge is 2.09. The first-order valence-corrected chi connectivity index (χ1v) is 4.09. The Labute approximate surface area is 71.8 Å². The molecule has 0 bridgehead atoms. The van der Waals surface area contributed by atoms with E-state index in [2.05, 4.69) is 5.32 Å². The second-order valence-corrected chi connectivity index (χ2v) is 2.90. The third-order valence-corrected chi connectivity index (χ3v) is 1.85. The molecule has 0 aromatic carbocycles. The maximum absolute atomic E-state index is 12.8. The van der Waals surface area contributed by atoms with Crippen molar-refractivity contribution >= 4 is 0 Å². The number of hydrogen-bond donors (Lipinski definition) is 2. The highest BCUT2D eigenvalue weighted by atomic mass is 19.1. The average molecular weight is 171 g/mol. The molecule has 0 aromatic heterocycles. The Hall–Kier alpha value is -0.670. The van der Waals surface area contributed by atoms with Crippen molar-refractivity contribution in [3.05, 3.63) is 23.8 Å². The summed E-state index contributed by atoms with van der Waals surface area (Å²) in [6.45, 7) is 0. The predicted molar refractivity (Wildman–Crippen MR) is 46.4 cm³/mol. The molecule has 0 aliphatic heterocycles. The highest BCUT2D eigenvalue weighted by molar-refractivity contribution is 5.25. The second-order valence-electron chi connectivity index (χ2n) is 2.90. The van der Waals surface area contributed by atoms with Crippen molar-refractivity contribution in [1.82, 2.24) is 5.32 Å². The zero-order valence-electron chi connectivity index (χ0n) is 7.13. The molecule has 0 fully saturated rings. The Balaban J connectivity index is 2.46. The number of aliphatic hydroxyl groups excluding tert-OH is 1. The fourth-order valence-electron chi connectivity index (χ4n) is 1.17. The van der Waals surface area contributed by atoms with Crippen LogP contribution in [0.2, 0.25) is 0 Å². The smallest absolute Gasteiger partial charge is 0.122 e. The van der Waals surface area contributed by atoms with Gasteiger partial charge in [-0.05, 0) is 18.7 Å². The molecular formula is C9H14FNO. The molecule has 2 nitrogen and oxygen atoms in total. The molecular weight excluding hydrogens is 157 g/mol. The maximum Gasteiger partial charge on any atom is 0.122 e. The Morgan fingerprint density at radius 1 is 1.83 bits per heavy atom. The Morgan fingerprint density at radius 2 is 2.58 bits per heavy atom. The van der Waals surface area contributed by atoms with E-state index in [1.54, 1.807) is 19.2 Å². The summed E-state index contributed by atoms with van der Waals surface area (Å²) in [5, 5.41) is 11.9. The average Bonchev–Trinajstić information content (AvgIpc) is 2.04. The molecule has 0 heterocycles. The third kappa shape index (κ3) is 2.75. The normalized spacial score (nSPS) is 25.2. The van der Waals surface area contributed by atoms with E-state index in [0.29, 0.717) is 12.8 Å². The lowest BCUT2D eigenvalue weighted by atomic mass is 10.0. The first kappa shape index (κ1) is 9.42. The molecule has 1 rings (SSSR count). The molecule has 1 aliphatic carbocycles. The van der Waals surface area contributed by atoms with E-state index >= 15 is 0 Å². The van der Waals surface area contributed by atoms with Gasteiger partial charge in [0.05, 0.1) is 0 Å². The van der Waals surface area contributed by atoms with Crippen LogP contribution in [0.1, 0.15) is 12.8 Å². The number of rotatable bonds is 3. The van der Waals surface area contributed by atoms with Crippen molar-refractivity contribution in [3.8, 4) is 0 Å². The van der Waals surface area contributed by atoms with Crippen LogP contribution in [-0.2, 0) is 0 Å². The van der Waals surface area contributed by atoms with E-state index < -0.39 is 12.4 Å². The molecule has 0 saturated carbocycles. The molecule has 12 heavy (non-hydrogen) atoms. The SMILES string of the molecule is CNC(O)CC1=C[C@@H](F)CC=C1. The zero-order chi connectivity index (χ0) is 8.97. The van der Waals surface area contributed by atoms with Gasteiger partial charge in [0, 0.05) is 12.8 Å². The molecule has 0 saturated heterocycles. The quantitative estimate of drug-likeness (QED) is 0.624. The van der Waals surface area contributed by atoms with Gasteiger partial charge in [-0.1, -0.05) is 12.2 Å². The van der Waals surface area contributed by atoms with Gasteiger partial charge in [0.2, 0.25) is 0 Å². The van der Waals surface area contributed by atoms with E-state index in [4.69, 9.17) is 0 Å². The van der Waals surface area contributed by atoms with E-state index in [-0.39, 0.29) is 0 Å². The lowest BCUT2D eigenvalue weighted by Crippen LogP contribution is -2.24. The van der Waals surface area contributed by atoms with Crippen molar-refractivity contribution in [2.24, 2.45) is 0 Å². The molecule has 3 heteroatoms. The van der Waals surface area contributed by atoms with Crippen molar-refractivity contribution in [1.29, 1.82) is 0 Å². The van der Waals surface area contributed by atoms with Gasteiger partial charge >= 0.3 is 0 Å². The molecule has 0 spiro atoms. The summed E-state index contributed by atoms with van der Waals surface area (Å²) < 4.78 is 12.8. The molecule has 1 unspecified atom stereocenters. The van der Waals surface area contributed by atoms with Crippen molar-refractivity contribution in [2.75, 3.05) is 7.05 Å². The number of nitrogens with one attached hydrogen (secondary N) is 1. The van der Waals surface area contributed by atoms with Crippen LogP contribution in [0.25, 0.3) is 0 Å². The van der Waals surface area contributed by atoms with Gasteiger partial charge in [-0.3, -0.25) is 5.32 Å². The molecule has 2 atom stereocenters. The summed E-state index contributed by atoms with van der Waals surface area (Å²) in [7, 11) is 1.67. The lowest BCUT2D eigenvalue weighted by Gasteiger charge is -2.13. The van der Waals surface area contributed by atoms with Crippen LogP contribution in [0.4, 0.5) is 4.39 Å². The number of halogens is 1. The predicted octanol–water partition coefficient (Wildman–Crippen LogP) is 1.14. The largest absolute Gasteiger partial charge is 0.378 e. The fourth-order valence-corrected chi connectivity index (χ4v) is 1.17. The van der Waals surface area contributed by atoms with Crippen LogP contribution >= 0.6 is 0 Å². The highest BCUT2D eigenvalue weighted by Crippen LogP contribution is 2.16. The van der Waals surface area contributed by atoms with E-state index in [1.807, 2.05) is 6.08 Å². The summed E-state index contributed by atoms with van der Waals surface area (Å²) in [5.41, 5.74) is 0.857. The minimum atomic E-state index is -0.881. The number of aliphatic hydroxyl groups is 1. The standard InChI is InChI=1S/C9H14FNO/c1-11-9(12)6-7-3-2-4-8(10)5-7/h2-3,5,8-9,11-12H,4,6H2,1H3/t8-,9?/m0/s1. The minimum Gasteiger partial charge on any atom is -0.378 e. The summed E-state index contributed by atoms with van der Waals surface area (Å²) in [6, 6.07) is 0. The van der Waals surface area contributed by atoms with Crippen LogP contribution in [0, 0.1) is 0 Å². The maximum atomic E-state index is 12.8. The molecule has 2 N–H and O–H groups in total. The minimum absolute atomic E-state index is 0.457. The lowest BCUT2D eigenvalue weighted by molar-refractivity contribution is 0.147. The molecule has 0 amide bonds. The zero-order valence-corrected chi connectivity index (χ0v) is 7.13. The van der Waals surface area contributed by atoms with Crippen LogP contribution in [0.15, 0.2) is 23.8 Å². The van der Waals surface area contributed by atoms with E-state index in [0.717, 1.165) is 5.57 Å². The van der Waals surface area contributed by atoms with Gasteiger partial charge in [-0.25, -0.2) is 4.39 Å². The third-order valence-electron chi connectivity index (χ3n) is 1.85. The first-order valence-electron chi connectivity index (χ1n) is 4.09. The Bertz CT molecular complexity index is 201. The summed E-state index contributed by atoms with van der Waals surface area (Å²) >= 11 is 0. The number of alkyl halides is 1. The van der Waals surface area contributed by atoms with Crippen molar-refractivity contribution in [2.45, 2.75) is 25.2 Å². The second kappa shape index (κ2) is 4.38. The van der Waals surface area contributed by atoms with Gasteiger partial charge in [0.1, 0.15) is 12.4 Å². The van der Waals surface area contributed by atoms with Gasteiger partial charge in [-0.15, -0.1) is 0 Å². The van der Waals surface area contributed by atoms with Crippen molar-refractivity contribution in [3.63, 3.8) is 0 Å². The van der Waals surface area contributed by atoms with Crippen LogP contribution in [-0.4, -0.2) is 24.6 Å². The van der Waals surface area contributed by atoms with Crippen LogP contribution in [0.3, 0.4) is 0 Å². The number of allylic oxidation sites excluding steroid dienone is 3. The molecule has 0 radical (unpaired) electrons. The van der Waals surface area contributed by atoms with Crippen LogP contribution < -0.4 is 5.32 Å². The van der Waals surface area contributed by atoms with E-state index in [9.17, 15) is 9.50 Å². The van der Waals surface area contributed by atoms with Gasteiger partial charge in [0.25, 0.3) is 0 Å². The molecule has 1 aliphatic rings. The van der Waals surface area contributed by atoms with E-state index in [1.165, 1.54) is 0 Å². The fraction of sp³-hybridized carbons (Fsp3) is 0.556. The van der Waals surface area contributed by atoms with Gasteiger partial charge < -0.3 is 5.11 Å². The Kier molecular flexibility index (Phi) is 3.44. The summed E-state index contributed by atoms with van der Waals surface area (Å²) in [4.78, 5) is 0.